The Morgan fingerprint density at radius 2 is 1.42 bits per heavy atom. The Hall–Kier alpha value is -3.36. The molecule has 154 valence electrons. The van der Waals surface area contributed by atoms with Gasteiger partial charge in [-0.3, -0.25) is 0 Å². The second-order valence-corrected chi connectivity index (χ2v) is 8.39. The summed E-state index contributed by atoms with van der Waals surface area (Å²) >= 11 is 0. The van der Waals surface area contributed by atoms with E-state index in [4.69, 9.17) is 5.26 Å². The topological polar surface area (TPSA) is 29.5 Å². The third-order valence-corrected chi connectivity index (χ3v) is 6.49. The van der Waals surface area contributed by atoms with Crippen LogP contribution in [0, 0.1) is 0 Å². The van der Waals surface area contributed by atoms with Crippen molar-refractivity contribution in [1.29, 1.82) is 0 Å². The summed E-state index contributed by atoms with van der Waals surface area (Å²) in [4.78, 5) is 4.41. The number of aryl methyl sites for hydroxylation is 1. The summed E-state index contributed by atoms with van der Waals surface area (Å²) in [6.45, 7) is 0. The van der Waals surface area contributed by atoms with Gasteiger partial charge in [-0.2, -0.15) is 0 Å². The van der Waals surface area contributed by atoms with Crippen molar-refractivity contribution in [2.45, 2.75) is 31.1 Å². The van der Waals surface area contributed by atoms with Crippen molar-refractivity contribution >= 4 is 0 Å². The zero-order valence-corrected chi connectivity index (χ0v) is 17.4. The van der Waals surface area contributed by atoms with Crippen LogP contribution in [0.25, 0.3) is 0 Å². The molecule has 0 amide bonds. The second kappa shape index (κ2) is 8.79. The standard InChI is InChI=1S/C29H26O2/c30-31-26-15-12-24(13-16-26)29-27(23-9-5-2-6-10-23)18-14-25-20-22(11-17-28(25)29)19-21-7-3-1-4-8-21/h1-13,15-17,20,27,29-30H,14,18-19H2. The minimum atomic E-state index is 0.282. The van der Waals surface area contributed by atoms with Crippen LogP contribution in [0.5, 0.6) is 5.75 Å². The molecule has 2 unspecified atom stereocenters. The van der Waals surface area contributed by atoms with Gasteiger partial charge in [-0.05, 0) is 70.7 Å². The first kappa shape index (κ1) is 19.6. The third kappa shape index (κ3) is 4.12. The second-order valence-electron chi connectivity index (χ2n) is 8.39. The molecule has 4 aromatic carbocycles. The fraction of sp³-hybridized carbons (Fsp3) is 0.172. The Morgan fingerprint density at radius 1 is 0.710 bits per heavy atom. The molecule has 0 aliphatic heterocycles. The lowest BCUT2D eigenvalue weighted by atomic mass is 9.69. The third-order valence-electron chi connectivity index (χ3n) is 6.49. The lowest BCUT2D eigenvalue weighted by Crippen LogP contribution is -2.20. The summed E-state index contributed by atoms with van der Waals surface area (Å²) in [6.07, 6.45) is 3.17. The van der Waals surface area contributed by atoms with Crippen LogP contribution in [0.3, 0.4) is 0 Å². The Bertz CT molecular complexity index is 1130. The van der Waals surface area contributed by atoms with Gasteiger partial charge in [-0.15, -0.1) is 0 Å². The molecular formula is C29H26O2. The molecule has 1 N–H and O–H groups in total. The van der Waals surface area contributed by atoms with Gasteiger partial charge in [0.2, 0.25) is 0 Å². The summed E-state index contributed by atoms with van der Waals surface area (Å²) in [7, 11) is 0. The lowest BCUT2D eigenvalue weighted by molar-refractivity contribution is -0.137. The van der Waals surface area contributed by atoms with Crippen molar-refractivity contribution in [3.63, 3.8) is 0 Å². The molecule has 0 saturated carbocycles. The molecule has 5 rings (SSSR count). The predicted octanol–water partition coefficient (Wildman–Crippen LogP) is 6.99. The molecule has 0 saturated heterocycles. The van der Waals surface area contributed by atoms with E-state index in [0.717, 1.165) is 19.3 Å². The minimum Gasteiger partial charge on any atom is -0.340 e. The fourth-order valence-electron chi connectivity index (χ4n) is 5.02. The molecule has 2 heteroatoms. The van der Waals surface area contributed by atoms with E-state index in [-0.39, 0.29) is 5.92 Å². The highest BCUT2D eigenvalue weighted by Gasteiger charge is 2.32. The number of rotatable bonds is 5. The van der Waals surface area contributed by atoms with E-state index in [0.29, 0.717) is 11.7 Å². The minimum absolute atomic E-state index is 0.282. The van der Waals surface area contributed by atoms with E-state index in [9.17, 15) is 0 Å². The Balaban J connectivity index is 1.54. The maximum atomic E-state index is 8.98. The maximum Gasteiger partial charge on any atom is 0.165 e. The van der Waals surface area contributed by atoms with E-state index in [2.05, 4.69) is 95.9 Å². The number of hydrogen-bond donors (Lipinski definition) is 1. The van der Waals surface area contributed by atoms with Crippen LogP contribution in [-0.4, -0.2) is 5.26 Å². The zero-order valence-electron chi connectivity index (χ0n) is 17.4. The molecule has 2 nitrogen and oxygen atoms in total. The molecule has 2 atom stereocenters. The van der Waals surface area contributed by atoms with Crippen molar-refractivity contribution in [3.8, 4) is 5.75 Å². The summed E-state index contributed by atoms with van der Waals surface area (Å²) in [5.74, 6) is 1.17. The van der Waals surface area contributed by atoms with Crippen molar-refractivity contribution in [2.75, 3.05) is 0 Å². The molecule has 31 heavy (non-hydrogen) atoms. The zero-order chi connectivity index (χ0) is 21.0. The van der Waals surface area contributed by atoms with Crippen LogP contribution in [0.15, 0.2) is 103 Å². The highest BCUT2D eigenvalue weighted by Crippen LogP contribution is 2.46. The van der Waals surface area contributed by atoms with Crippen molar-refractivity contribution in [3.05, 3.63) is 137 Å². The van der Waals surface area contributed by atoms with Gasteiger partial charge in [0.1, 0.15) is 0 Å². The number of benzene rings is 4. The summed E-state index contributed by atoms with van der Waals surface area (Å²) in [5, 5.41) is 8.98. The van der Waals surface area contributed by atoms with Crippen LogP contribution in [-0.2, 0) is 12.8 Å². The van der Waals surface area contributed by atoms with Gasteiger partial charge in [0.05, 0.1) is 0 Å². The molecule has 0 fully saturated rings. The lowest BCUT2D eigenvalue weighted by Gasteiger charge is -2.35. The molecule has 1 aliphatic rings. The molecule has 0 radical (unpaired) electrons. The van der Waals surface area contributed by atoms with E-state index in [1.54, 1.807) is 0 Å². The highest BCUT2D eigenvalue weighted by molar-refractivity contribution is 5.47. The van der Waals surface area contributed by atoms with Gasteiger partial charge < -0.3 is 4.89 Å². The van der Waals surface area contributed by atoms with Crippen LogP contribution in [0.4, 0.5) is 0 Å². The number of hydrogen-bond acceptors (Lipinski definition) is 2. The van der Waals surface area contributed by atoms with Crippen LogP contribution >= 0.6 is 0 Å². The normalized spacial score (nSPS) is 17.7. The average Bonchev–Trinajstić information content (AvgIpc) is 2.84. The van der Waals surface area contributed by atoms with Gasteiger partial charge in [0.25, 0.3) is 0 Å². The molecule has 0 bridgehead atoms. The van der Waals surface area contributed by atoms with Crippen molar-refractivity contribution < 1.29 is 10.1 Å². The Kier molecular flexibility index (Phi) is 5.56. The quantitative estimate of drug-likeness (QED) is 0.286. The first-order chi connectivity index (χ1) is 15.3. The molecule has 0 spiro atoms. The predicted molar refractivity (Wildman–Crippen MR) is 125 cm³/mol. The largest absolute Gasteiger partial charge is 0.340 e. The Morgan fingerprint density at radius 3 is 2.13 bits per heavy atom. The average molecular weight is 407 g/mol. The first-order valence-corrected chi connectivity index (χ1v) is 10.9. The molecule has 0 aromatic heterocycles. The molecule has 1 aliphatic carbocycles. The van der Waals surface area contributed by atoms with Gasteiger partial charge in [-0.25, -0.2) is 5.26 Å². The summed E-state index contributed by atoms with van der Waals surface area (Å²) in [6, 6.07) is 36.4. The molecule has 4 aromatic rings. The molecular weight excluding hydrogens is 380 g/mol. The van der Waals surface area contributed by atoms with Crippen LogP contribution in [0.1, 0.15) is 51.6 Å². The van der Waals surface area contributed by atoms with Crippen molar-refractivity contribution in [2.24, 2.45) is 0 Å². The van der Waals surface area contributed by atoms with E-state index in [1.165, 1.54) is 33.4 Å². The van der Waals surface area contributed by atoms with Gasteiger partial charge in [0.15, 0.2) is 5.75 Å². The highest BCUT2D eigenvalue weighted by atomic mass is 17.1. The van der Waals surface area contributed by atoms with Gasteiger partial charge >= 0.3 is 0 Å². The fourth-order valence-corrected chi connectivity index (χ4v) is 5.02. The number of fused-ring (bicyclic) bond motifs is 1. The SMILES string of the molecule is OOc1ccc(C2c3ccc(Cc4ccccc4)cc3CCC2c2ccccc2)cc1. The Labute approximate surface area is 183 Å². The smallest absolute Gasteiger partial charge is 0.165 e. The summed E-state index contributed by atoms with van der Waals surface area (Å²) < 4.78 is 0. The van der Waals surface area contributed by atoms with Gasteiger partial charge in [-0.1, -0.05) is 91.0 Å². The summed E-state index contributed by atoms with van der Waals surface area (Å²) in [5.41, 5.74) is 8.21. The maximum absolute atomic E-state index is 8.98. The van der Waals surface area contributed by atoms with Gasteiger partial charge in [0, 0.05) is 5.92 Å². The van der Waals surface area contributed by atoms with E-state index >= 15 is 0 Å². The van der Waals surface area contributed by atoms with E-state index in [1.807, 2.05) is 12.1 Å². The monoisotopic (exact) mass is 406 g/mol. The van der Waals surface area contributed by atoms with Crippen LogP contribution in [0.2, 0.25) is 0 Å². The van der Waals surface area contributed by atoms with Crippen LogP contribution < -0.4 is 4.89 Å². The first-order valence-electron chi connectivity index (χ1n) is 10.9. The molecule has 0 heterocycles. The van der Waals surface area contributed by atoms with Crippen molar-refractivity contribution in [1.82, 2.24) is 0 Å². The van der Waals surface area contributed by atoms with E-state index < -0.39 is 0 Å².